The molecule has 0 saturated heterocycles. The number of hydrogen-bond acceptors (Lipinski definition) is 7. The van der Waals surface area contributed by atoms with E-state index < -0.39 is 9.05 Å². The number of nitriles is 1. The second-order valence-corrected chi connectivity index (χ2v) is 6.73. The zero-order valence-electron chi connectivity index (χ0n) is 11.1. The Morgan fingerprint density at radius 2 is 2.14 bits per heavy atom. The number of carbonyl (C=O) groups excluding carboxylic acids is 1. The highest BCUT2D eigenvalue weighted by atomic mass is 35.7. The van der Waals surface area contributed by atoms with Crippen LogP contribution in [0.25, 0.3) is 10.9 Å². The zero-order chi connectivity index (χ0) is 16.2. The SMILES string of the molecule is N#CCC(=O)CN=Nc1ccc(S(=O)(=O)Cl)c2cccnc12. The topological polar surface area (TPSA) is 113 Å². The van der Waals surface area contributed by atoms with Crippen molar-refractivity contribution in [2.24, 2.45) is 10.2 Å². The fourth-order valence-electron chi connectivity index (χ4n) is 1.76. The van der Waals surface area contributed by atoms with E-state index in [0.717, 1.165) is 0 Å². The molecule has 0 saturated carbocycles. The normalized spacial score (nSPS) is 11.6. The molecule has 0 aliphatic carbocycles. The monoisotopic (exact) mass is 336 g/mol. The number of fused-ring (bicyclic) bond motifs is 1. The number of rotatable bonds is 5. The Balaban J connectivity index is 2.44. The van der Waals surface area contributed by atoms with Crippen LogP contribution in [0.5, 0.6) is 0 Å². The molecule has 1 heterocycles. The number of ketones is 1. The Hall–Kier alpha value is -2.37. The van der Waals surface area contributed by atoms with Crippen molar-refractivity contribution in [1.82, 2.24) is 4.98 Å². The molecule has 9 heteroatoms. The molecule has 2 rings (SSSR count). The maximum Gasteiger partial charge on any atom is 0.261 e. The van der Waals surface area contributed by atoms with E-state index in [1.165, 1.54) is 18.3 Å². The van der Waals surface area contributed by atoms with Gasteiger partial charge in [0, 0.05) is 22.3 Å². The number of azo groups is 1. The van der Waals surface area contributed by atoms with Crippen LogP contribution in [0.15, 0.2) is 45.6 Å². The first-order valence-electron chi connectivity index (χ1n) is 6.02. The standard InChI is InChI=1S/C13H9ClN4O3S/c14-22(20,21)12-4-3-11(13-10(12)2-1-7-16-13)18-17-8-9(19)5-6-15/h1-4,7H,5,8H2. The molecule has 0 N–H and O–H groups in total. The molecule has 0 amide bonds. The second-order valence-electron chi connectivity index (χ2n) is 4.19. The second kappa shape index (κ2) is 6.60. The molecular weight excluding hydrogens is 328 g/mol. The van der Waals surface area contributed by atoms with Crippen molar-refractivity contribution in [2.45, 2.75) is 11.3 Å². The number of aromatic nitrogens is 1. The lowest BCUT2D eigenvalue weighted by atomic mass is 10.2. The summed E-state index contributed by atoms with van der Waals surface area (Å²) >= 11 is 0. The molecule has 0 unspecified atom stereocenters. The van der Waals surface area contributed by atoms with E-state index in [-0.39, 0.29) is 23.6 Å². The van der Waals surface area contributed by atoms with E-state index in [1.54, 1.807) is 18.2 Å². The summed E-state index contributed by atoms with van der Waals surface area (Å²) in [4.78, 5) is 15.2. The van der Waals surface area contributed by atoms with Crippen molar-refractivity contribution in [3.05, 3.63) is 30.5 Å². The molecular formula is C13H9ClN4O3S. The molecule has 0 radical (unpaired) electrons. The van der Waals surface area contributed by atoms with Gasteiger partial charge in [0.25, 0.3) is 9.05 Å². The van der Waals surface area contributed by atoms with Crippen molar-refractivity contribution in [3.63, 3.8) is 0 Å². The first kappa shape index (κ1) is 16.0. The van der Waals surface area contributed by atoms with Crippen LogP contribution in [0.3, 0.4) is 0 Å². The van der Waals surface area contributed by atoms with Crippen molar-refractivity contribution >= 4 is 42.1 Å². The summed E-state index contributed by atoms with van der Waals surface area (Å²) < 4.78 is 23.1. The van der Waals surface area contributed by atoms with Gasteiger partial charge in [0.05, 0.1) is 22.9 Å². The molecule has 0 aliphatic rings. The average Bonchev–Trinajstić information content (AvgIpc) is 2.46. The first-order valence-corrected chi connectivity index (χ1v) is 8.33. The third-order valence-electron chi connectivity index (χ3n) is 2.67. The summed E-state index contributed by atoms with van der Waals surface area (Å²) in [6, 6.07) is 7.56. The number of halogens is 1. The molecule has 22 heavy (non-hydrogen) atoms. The summed E-state index contributed by atoms with van der Waals surface area (Å²) in [5, 5.41) is 16.3. The third kappa shape index (κ3) is 3.63. The highest BCUT2D eigenvalue weighted by molar-refractivity contribution is 8.14. The van der Waals surface area contributed by atoms with Gasteiger partial charge in [-0.3, -0.25) is 9.78 Å². The number of pyridine rings is 1. The predicted octanol–water partition coefficient (Wildman–Crippen LogP) is 2.73. The van der Waals surface area contributed by atoms with Crippen molar-refractivity contribution in [3.8, 4) is 6.07 Å². The molecule has 2 aromatic rings. The van der Waals surface area contributed by atoms with E-state index >= 15 is 0 Å². The van der Waals surface area contributed by atoms with Crippen molar-refractivity contribution in [1.29, 1.82) is 5.26 Å². The predicted molar refractivity (Wildman–Crippen MR) is 79.4 cm³/mol. The van der Waals surface area contributed by atoms with Gasteiger partial charge in [0.1, 0.15) is 12.2 Å². The van der Waals surface area contributed by atoms with Gasteiger partial charge in [-0.1, -0.05) is 0 Å². The van der Waals surface area contributed by atoms with Gasteiger partial charge in [0.15, 0.2) is 5.78 Å². The quantitative estimate of drug-likeness (QED) is 0.615. The zero-order valence-corrected chi connectivity index (χ0v) is 12.7. The summed E-state index contributed by atoms with van der Waals surface area (Å²) in [6.45, 7) is -0.225. The minimum atomic E-state index is -3.92. The summed E-state index contributed by atoms with van der Waals surface area (Å²) in [5.74, 6) is -0.358. The fourth-order valence-corrected chi connectivity index (χ4v) is 2.82. The van der Waals surface area contributed by atoms with Gasteiger partial charge < -0.3 is 0 Å². The molecule has 0 bridgehead atoms. The number of hydrogen-bond donors (Lipinski definition) is 0. The van der Waals surface area contributed by atoms with E-state index in [4.69, 9.17) is 15.9 Å². The molecule has 0 spiro atoms. The van der Waals surface area contributed by atoms with Crippen molar-refractivity contribution in [2.75, 3.05) is 6.54 Å². The van der Waals surface area contributed by atoms with Crippen molar-refractivity contribution < 1.29 is 13.2 Å². The lowest BCUT2D eigenvalue weighted by Gasteiger charge is -2.04. The molecule has 1 aromatic carbocycles. The minimum absolute atomic E-state index is 0.0724. The van der Waals surface area contributed by atoms with E-state index in [9.17, 15) is 13.2 Å². The van der Waals surface area contributed by atoms with E-state index in [1.807, 2.05) is 0 Å². The van der Waals surface area contributed by atoms with Gasteiger partial charge >= 0.3 is 0 Å². The van der Waals surface area contributed by atoms with Crippen LogP contribution in [0, 0.1) is 11.3 Å². The molecule has 0 aliphatic heterocycles. The Kier molecular flexibility index (Phi) is 4.80. The maximum absolute atomic E-state index is 11.5. The van der Waals surface area contributed by atoms with Crippen LogP contribution in [-0.2, 0) is 13.8 Å². The fraction of sp³-hybridized carbons (Fsp3) is 0.154. The smallest absolute Gasteiger partial charge is 0.261 e. The average molecular weight is 337 g/mol. The van der Waals surface area contributed by atoms with E-state index in [2.05, 4.69) is 15.2 Å². The molecule has 0 fully saturated rings. The van der Waals surface area contributed by atoms with Gasteiger partial charge in [0.2, 0.25) is 0 Å². The third-order valence-corrected chi connectivity index (χ3v) is 4.05. The number of benzene rings is 1. The van der Waals surface area contributed by atoms with Crippen LogP contribution < -0.4 is 0 Å². The van der Waals surface area contributed by atoms with Gasteiger partial charge in [-0.05, 0) is 24.3 Å². The number of Topliss-reactive ketones (excluding diaryl/α,β-unsaturated/α-hetero) is 1. The lowest BCUT2D eigenvalue weighted by molar-refractivity contribution is -0.116. The summed E-state index contributed by atoms with van der Waals surface area (Å²) in [6.07, 6.45) is 1.24. The Morgan fingerprint density at radius 1 is 1.36 bits per heavy atom. The number of nitrogens with zero attached hydrogens (tertiary/aromatic N) is 4. The Bertz CT molecular complexity index is 903. The largest absolute Gasteiger partial charge is 0.296 e. The molecule has 7 nitrogen and oxygen atoms in total. The van der Waals surface area contributed by atoms with Crippen LogP contribution in [0.4, 0.5) is 5.69 Å². The van der Waals surface area contributed by atoms with Crippen LogP contribution in [0.1, 0.15) is 6.42 Å². The highest BCUT2D eigenvalue weighted by Crippen LogP contribution is 2.31. The van der Waals surface area contributed by atoms with Gasteiger partial charge in [-0.2, -0.15) is 15.5 Å². The van der Waals surface area contributed by atoms with Crippen LogP contribution in [-0.4, -0.2) is 25.7 Å². The first-order chi connectivity index (χ1) is 10.4. The lowest BCUT2D eigenvalue weighted by Crippen LogP contribution is -1.99. The molecule has 0 atom stereocenters. The highest BCUT2D eigenvalue weighted by Gasteiger charge is 2.16. The van der Waals surface area contributed by atoms with E-state index in [0.29, 0.717) is 16.6 Å². The molecule has 1 aromatic heterocycles. The van der Waals surface area contributed by atoms with Gasteiger partial charge in [-0.25, -0.2) is 8.42 Å². The number of carbonyl (C=O) groups is 1. The summed E-state index contributed by atoms with van der Waals surface area (Å²) in [7, 11) is 1.47. The van der Waals surface area contributed by atoms with Gasteiger partial charge in [-0.15, -0.1) is 0 Å². The Morgan fingerprint density at radius 3 is 2.82 bits per heavy atom. The summed E-state index contributed by atoms with van der Waals surface area (Å²) in [5.41, 5.74) is 0.616. The van der Waals surface area contributed by atoms with Crippen LogP contribution in [0.2, 0.25) is 0 Å². The van der Waals surface area contributed by atoms with Crippen LogP contribution >= 0.6 is 10.7 Å². The molecule has 112 valence electrons. The Labute approximate surface area is 130 Å². The minimum Gasteiger partial charge on any atom is -0.296 e. The maximum atomic E-state index is 11.5.